The smallest absolute Gasteiger partial charge is 0.0791 e. The van der Waals surface area contributed by atoms with Gasteiger partial charge in [-0.15, -0.1) is 0 Å². The molecule has 2 N–H and O–H groups in total. The second-order valence-electron chi connectivity index (χ2n) is 6.24. The SMILES string of the molecule is CCn1cc(CNCC(O)CN2CCc3ccccc3C2)cn1. The number of aliphatic hydroxyl groups is 1. The Hall–Kier alpha value is -1.69. The summed E-state index contributed by atoms with van der Waals surface area (Å²) in [7, 11) is 0. The van der Waals surface area contributed by atoms with Gasteiger partial charge in [0.15, 0.2) is 0 Å². The molecule has 0 aliphatic carbocycles. The maximum atomic E-state index is 10.3. The maximum absolute atomic E-state index is 10.3. The molecule has 2 heterocycles. The summed E-state index contributed by atoms with van der Waals surface area (Å²) in [6, 6.07) is 8.60. The molecule has 0 saturated heterocycles. The van der Waals surface area contributed by atoms with E-state index in [4.69, 9.17) is 0 Å². The predicted octanol–water partition coefficient (Wildman–Crippen LogP) is 1.41. The third kappa shape index (κ3) is 4.41. The Labute approximate surface area is 137 Å². The van der Waals surface area contributed by atoms with Gasteiger partial charge in [-0.2, -0.15) is 5.10 Å². The van der Waals surface area contributed by atoms with Crippen LogP contribution in [-0.4, -0.2) is 45.5 Å². The van der Waals surface area contributed by atoms with Crippen LogP contribution in [0.4, 0.5) is 0 Å². The van der Waals surface area contributed by atoms with Crippen molar-refractivity contribution in [1.29, 1.82) is 0 Å². The third-order valence-electron chi connectivity index (χ3n) is 4.40. The van der Waals surface area contributed by atoms with Gasteiger partial charge in [-0.3, -0.25) is 9.58 Å². The molecule has 0 saturated carbocycles. The van der Waals surface area contributed by atoms with E-state index in [0.717, 1.165) is 44.7 Å². The average Bonchev–Trinajstić information content (AvgIpc) is 3.03. The minimum Gasteiger partial charge on any atom is -0.390 e. The zero-order chi connectivity index (χ0) is 16.1. The number of hydrogen-bond donors (Lipinski definition) is 2. The minimum atomic E-state index is -0.346. The van der Waals surface area contributed by atoms with Crippen molar-refractivity contribution in [3.8, 4) is 0 Å². The van der Waals surface area contributed by atoms with Crippen molar-refractivity contribution in [3.63, 3.8) is 0 Å². The van der Waals surface area contributed by atoms with Gasteiger partial charge in [-0.25, -0.2) is 0 Å². The van der Waals surface area contributed by atoms with Gasteiger partial charge in [-0.1, -0.05) is 24.3 Å². The first-order valence-corrected chi connectivity index (χ1v) is 8.44. The van der Waals surface area contributed by atoms with Crippen molar-refractivity contribution in [1.82, 2.24) is 20.0 Å². The summed E-state index contributed by atoms with van der Waals surface area (Å²) in [5, 5.41) is 17.8. The lowest BCUT2D eigenvalue weighted by Gasteiger charge is -2.30. The zero-order valence-corrected chi connectivity index (χ0v) is 13.8. The Morgan fingerprint density at radius 2 is 2.13 bits per heavy atom. The molecule has 5 nitrogen and oxygen atoms in total. The number of rotatable bonds is 7. The number of benzene rings is 1. The molecule has 23 heavy (non-hydrogen) atoms. The number of aromatic nitrogens is 2. The van der Waals surface area contributed by atoms with Gasteiger partial charge >= 0.3 is 0 Å². The molecule has 0 spiro atoms. The molecule has 1 aliphatic rings. The molecule has 5 heteroatoms. The highest BCUT2D eigenvalue weighted by Gasteiger charge is 2.18. The summed E-state index contributed by atoms with van der Waals surface area (Å²) < 4.78 is 1.92. The van der Waals surface area contributed by atoms with Gasteiger partial charge in [0.2, 0.25) is 0 Å². The van der Waals surface area contributed by atoms with Crippen LogP contribution in [0.1, 0.15) is 23.6 Å². The van der Waals surface area contributed by atoms with Crippen LogP contribution >= 0.6 is 0 Å². The van der Waals surface area contributed by atoms with Gasteiger partial charge in [-0.05, 0) is 24.5 Å². The average molecular weight is 314 g/mol. The molecule has 1 unspecified atom stereocenters. The Morgan fingerprint density at radius 1 is 1.30 bits per heavy atom. The molecule has 1 atom stereocenters. The highest BCUT2D eigenvalue weighted by molar-refractivity contribution is 5.29. The van der Waals surface area contributed by atoms with Gasteiger partial charge in [0.05, 0.1) is 12.3 Å². The summed E-state index contributed by atoms with van der Waals surface area (Å²) in [6.45, 7) is 7.00. The Bertz CT molecular complexity index is 625. The van der Waals surface area contributed by atoms with Crippen molar-refractivity contribution < 1.29 is 5.11 Å². The summed E-state index contributed by atoms with van der Waals surface area (Å²) in [5.41, 5.74) is 4.00. The first-order chi connectivity index (χ1) is 11.2. The Kier molecular flexibility index (Phi) is 5.43. The van der Waals surface area contributed by atoms with Crippen LogP contribution in [0.15, 0.2) is 36.7 Å². The lowest BCUT2D eigenvalue weighted by molar-refractivity contribution is 0.104. The van der Waals surface area contributed by atoms with Crippen LogP contribution in [0.25, 0.3) is 0 Å². The third-order valence-corrected chi connectivity index (χ3v) is 4.40. The number of β-amino-alcohol motifs (C(OH)–C–C–N with tert-alkyl or cyclic N) is 1. The molecule has 1 aromatic heterocycles. The summed E-state index contributed by atoms with van der Waals surface area (Å²) in [4.78, 5) is 2.34. The fourth-order valence-electron chi connectivity index (χ4n) is 3.13. The fraction of sp³-hybridized carbons (Fsp3) is 0.500. The van der Waals surface area contributed by atoms with Crippen LogP contribution in [-0.2, 0) is 26.1 Å². The molecule has 0 bridgehead atoms. The second-order valence-corrected chi connectivity index (χ2v) is 6.24. The fourth-order valence-corrected chi connectivity index (χ4v) is 3.13. The lowest BCUT2D eigenvalue weighted by atomic mass is 10.00. The van der Waals surface area contributed by atoms with Crippen molar-refractivity contribution in [2.45, 2.75) is 39.1 Å². The normalized spacial score (nSPS) is 16.3. The highest BCUT2D eigenvalue weighted by Crippen LogP contribution is 2.18. The molecular weight excluding hydrogens is 288 g/mol. The number of hydrogen-bond acceptors (Lipinski definition) is 4. The van der Waals surface area contributed by atoms with Gasteiger partial charge in [0, 0.05) is 51.0 Å². The number of aliphatic hydroxyl groups excluding tert-OH is 1. The molecule has 0 radical (unpaired) electrons. The van der Waals surface area contributed by atoms with Crippen LogP contribution in [0.2, 0.25) is 0 Å². The largest absolute Gasteiger partial charge is 0.390 e. The van der Waals surface area contributed by atoms with E-state index < -0.39 is 0 Å². The van der Waals surface area contributed by atoms with Crippen molar-refractivity contribution in [3.05, 3.63) is 53.3 Å². The molecule has 124 valence electrons. The Morgan fingerprint density at radius 3 is 2.91 bits per heavy atom. The van der Waals surface area contributed by atoms with E-state index in [1.807, 2.05) is 17.1 Å². The Balaban J connectivity index is 1.40. The molecule has 2 aromatic rings. The first-order valence-electron chi connectivity index (χ1n) is 8.44. The van der Waals surface area contributed by atoms with Gasteiger partial charge < -0.3 is 10.4 Å². The summed E-state index contributed by atoms with van der Waals surface area (Å²) in [6.07, 6.45) is 4.65. The van der Waals surface area contributed by atoms with E-state index in [9.17, 15) is 5.11 Å². The standard InChI is InChI=1S/C18H26N4O/c1-2-22-12-15(10-20-22)9-19-11-18(23)14-21-8-7-16-5-3-4-6-17(16)13-21/h3-6,10,12,18-19,23H,2,7-9,11,13-14H2,1H3. The molecular formula is C18H26N4O. The summed E-state index contributed by atoms with van der Waals surface area (Å²) >= 11 is 0. The lowest BCUT2D eigenvalue weighted by Crippen LogP contribution is -2.40. The van der Waals surface area contributed by atoms with Crippen molar-refractivity contribution in [2.24, 2.45) is 0 Å². The van der Waals surface area contributed by atoms with E-state index >= 15 is 0 Å². The van der Waals surface area contributed by atoms with Crippen LogP contribution in [0.3, 0.4) is 0 Å². The molecule has 1 aliphatic heterocycles. The quantitative estimate of drug-likeness (QED) is 0.811. The second kappa shape index (κ2) is 7.73. The number of fused-ring (bicyclic) bond motifs is 1. The maximum Gasteiger partial charge on any atom is 0.0791 e. The number of nitrogens with one attached hydrogen (secondary N) is 1. The van der Waals surface area contributed by atoms with Crippen LogP contribution in [0, 0.1) is 0 Å². The van der Waals surface area contributed by atoms with E-state index in [2.05, 4.69) is 46.5 Å². The van der Waals surface area contributed by atoms with E-state index in [1.165, 1.54) is 11.1 Å². The van der Waals surface area contributed by atoms with E-state index in [0.29, 0.717) is 6.54 Å². The van der Waals surface area contributed by atoms with Crippen molar-refractivity contribution >= 4 is 0 Å². The van der Waals surface area contributed by atoms with Crippen LogP contribution in [0.5, 0.6) is 0 Å². The number of aryl methyl sites for hydroxylation is 1. The topological polar surface area (TPSA) is 53.3 Å². The van der Waals surface area contributed by atoms with Gasteiger partial charge in [0.1, 0.15) is 0 Å². The van der Waals surface area contributed by atoms with E-state index in [1.54, 1.807) is 0 Å². The van der Waals surface area contributed by atoms with E-state index in [-0.39, 0.29) is 6.10 Å². The highest BCUT2D eigenvalue weighted by atomic mass is 16.3. The molecule has 3 rings (SSSR count). The predicted molar refractivity (Wildman–Crippen MR) is 91.0 cm³/mol. The number of nitrogens with zero attached hydrogens (tertiary/aromatic N) is 3. The summed E-state index contributed by atoms with van der Waals surface area (Å²) in [5.74, 6) is 0. The van der Waals surface area contributed by atoms with Crippen molar-refractivity contribution in [2.75, 3.05) is 19.6 Å². The van der Waals surface area contributed by atoms with Crippen LogP contribution < -0.4 is 5.32 Å². The van der Waals surface area contributed by atoms with Gasteiger partial charge in [0.25, 0.3) is 0 Å². The molecule has 0 amide bonds. The minimum absolute atomic E-state index is 0.346. The monoisotopic (exact) mass is 314 g/mol. The zero-order valence-electron chi connectivity index (χ0n) is 13.8. The molecule has 0 fully saturated rings. The molecule has 1 aromatic carbocycles. The first kappa shape index (κ1) is 16.2.